The molecule has 2 aliphatic rings. The summed E-state index contributed by atoms with van der Waals surface area (Å²) < 4.78 is 19.0. The number of hydrogen-bond donors (Lipinski definition) is 1. The SMILES string of the molecule is CCC(=O)OC1C2CN(C(=O)O)CC1CN(C(C)C(Oc1ccc(C#N)cc1)O[Si](C)(C)C(C)(C)C)C2. The fourth-order valence-electron chi connectivity index (χ4n) is 4.75. The van der Waals surface area contributed by atoms with Crippen LogP contribution in [-0.2, 0) is 14.0 Å². The number of fused-ring (bicyclic) bond motifs is 2. The van der Waals surface area contributed by atoms with Gasteiger partial charge in [-0.05, 0) is 49.3 Å². The molecule has 0 aromatic heterocycles. The molecule has 10 heteroatoms. The number of piperidine rings is 2. The third-order valence-electron chi connectivity index (χ3n) is 8.03. The Kier molecular flexibility index (Phi) is 8.93. The highest BCUT2D eigenvalue weighted by molar-refractivity contribution is 6.74. The Morgan fingerprint density at radius 1 is 1.14 bits per heavy atom. The number of likely N-dealkylation sites (tertiary alicyclic amines) is 2. The van der Waals surface area contributed by atoms with E-state index in [2.05, 4.69) is 51.8 Å². The van der Waals surface area contributed by atoms with Gasteiger partial charge < -0.3 is 23.9 Å². The van der Waals surface area contributed by atoms with E-state index in [-0.39, 0.29) is 35.0 Å². The zero-order valence-electron chi connectivity index (χ0n) is 23.1. The summed E-state index contributed by atoms with van der Waals surface area (Å²) in [4.78, 5) is 27.6. The molecular formula is C27H41N3O6Si. The van der Waals surface area contributed by atoms with Gasteiger partial charge >= 0.3 is 12.1 Å². The summed E-state index contributed by atoms with van der Waals surface area (Å²) in [5.41, 5.74) is 0.557. The Labute approximate surface area is 221 Å². The summed E-state index contributed by atoms with van der Waals surface area (Å²) in [7, 11) is -2.22. The number of carbonyl (C=O) groups is 2. The largest absolute Gasteiger partial charge is 0.465 e. The van der Waals surface area contributed by atoms with Crippen molar-refractivity contribution in [3.8, 4) is 11.8 Å². The van der Waals surface area contributed by atoms with Crippen LogP contribution < -0.4 is 4.74 Å². The van der Waals surface area contributed by atoms with Crippen LogP contribution in [0.3, 0.4) is 0 Å². The van der Waals surface area contributed by atoms with Gasteiger partial charge in [0, 0.05) is 44.4 Å². The van der Waals surface area contributed by atoms with Crippen LogP contribution in [0.25, 0.3) is 0 Å². The molecule has 204 valence electrons. The van der Waals surface area contributed by atoms with Gasteiger partial charge in [0.15, 0.2) is 8.32 Å². The lowest BCUT2D eigenvalue weighted by molar-refractivity contribution is -0.170. The number of carbonyl (C=O) groups excluding carboxylic acids is 1. The standard InChI is InChI=1S/C27H41N3O6Si/c1-8-23(31)35-24-20-14-29(15-21(24)17-30(16-20)26(32)33)18(2)25(36-37(6,7)27(3,4)5)34-22-11-9-19(13-28)10-12-22/h9-12,18,20-21,24-25H,8,14-17H2,1-7H3,(H,32,33). The maximum atomic E-state index is 12.1. The molecule has 2 bridgehead atoms. The predicted molar refractivity (Wildman–Crippen MR) is 142 cm³/mol. The van der Waals surface area contributed by atoms with Gasteiger partial charge in [0.25, 0.3) is 0 Å². The summed E-state index contributed by atoms with van der Waals surface area (Å²) in [5, 5.41) is 18.7. The topological polar surface area (TPSA) is 112 Å². The van der Waals surface area contributed by atoms with E-state index in [9.17, 15) is 14.7 Å². The molecule has 0 saturated carbocycles. The molecule has 1 amide bonds. The van der Waals surface area contributed by atoms with Crippen molar-refractivity contribution in [2.24, 2.45) is 11.8 Å². The average molecular weight is 532 g/mol. The van der Waals surface area contributed by atoms with Crippen molar-refractivity contribution in [1.82, 2.24) is 9.80 Å². The molecule has 2 aliphatic heterocycles. The van der Waals surface area contributed by atoms with Crippen LogP contribution in [0, 0.1) is 23.2 Å². The van der Waals surface area contributed by atoms with Crippen molar-refractivity contribution in [3.05, 3.63) is 29.8 Å². The second-order valence-corrected chi connectivity index (χ2v) is 16.5. The quantitative estimate of drug-likeness (QED) is 0.296. The zero-order valence-corrected chi connectivity index (χ0v) is 24.1. The van der Waals surface area contributed by atoms with Gasteiger partial charge in [0.1, 0.15) is 11.9 Å². The van der Waals surface area contributed by atoms with Crippen molar-refractivity contribution in [2.45, 2.75) is 77.6 Å². The molecule has 2 heterocycles. The number of rotatable bonds is 8. The van der Waals surface area contributed by atoms with Crippen LogP contribution in [0.1, 0.15) is 46.6 Å². The van der Waals surface area contributed by atoms with Crippen molar-refractivity contribution in [2.75, 3.05) is 26.2 Å². The lowest BCUT2D eigenvalue weighted by atomic mass is 9.81. The minimum absolute atomic E-state index is 0.0289. The molecular weight excluding hydrogens is 490 g/mol. The predicted octanol–water partition coefficient (Wildman–Crippen LogP) is 4.54. The Hall–Kier alpha value is -2.61. The highest BCUT2D eigenvalue weighted by Crippen LogP contribution is 2.39. The Balaban J connectivity index is 1.85. The minimum Gasteiger partial charge on any atom is -0.465 e. The van der Waals surface area contributed by atoms with Crippen LogP contribution in [0.15, 0.2) is 24.3 Å². The first-order valence-corrected chi connectivity index (χ1v) is 15.9. The molecule has 3 rings (SSSR count). The number of nitrogens with zero attached hydrogens (tertiary/aromatic N) is 3. The van der Waals surface area contributed by atoms with Gasteiger partial charge in [0.2, 0.25) is 6.29 Å². The number of benzene rings is 1. The number of ether oxygens (including phenoxy) is 2. The van der Waals surface area contributed by atoms with Gasteiger partial charge in [-0.2, -0.15) is 5.26 Å². The van der Waals surface area contributed by atoms with Crippen LogP contribution in [0.2, 0.25) is 18.1 Å². The van der Waals surface area contributed by atoms with Gasteiger partial charge in [0.05, 0.1) is 17.7 Å². The van der Waals surface area contributed by atoms with Crippen molar-refractivity contribution in [1.29, 1.82) is 5.26 Å². The first-order chi connectivity index (χ1) is 17.3. The molecule has 0 radical (unpaired) electrons. The monoisotopic (exact) mass is 531 g/mol. The van der Waals surface area contributed by atoms with E-state index < -0.39 is 20.7 Å². The molecule has 37 heavy (non-hydrogen) atoms. The molecule has 2 fully saturated rings. The summed E-state index contributed by atoms with van der Waals surface area (Å²) in [6.07, 6.45) is -1.52. The van der Waals surface area contributed by atoms with Gasteiger partial charge in [-0.3, -0.25) is 9.69 Å². The van der Waals surface area contributed by atoms with E-state index in [1.54, 1.807) is 31.2 Å². The zero-order chi connectivity index (χ0) is 27.5. The fraction of sp³-hybridized carbons (Fsp3) is 0.667. The molecule has 1 N–H and O–H groups in total. The van der Waals surface area contributed by atoms with E-state index in [1.165, 1.54) is 4.90 Å². The highest BCUT2D eigenvalue weighted by Gasteiger charge is 2.49. The van der Waals surface area contributed by atoms with Gasteiger partial charge in [-0.25, -0.2) is 4.79 Å². The van der Waals surface area contributed by atoms with Crippen LogP contribution >= 0.6 is 0 Å². The van der Waals surface area contributed by atoms with E-state index in [0.717, 1.165) is 0 Å². The molecule has 0 aliphatic carbocycles. The summed E-state index contributed by atoms with van der Waals surface area (Å²) in [5.74, 6) is 0.0992. The maximum absolute atomic E-state index is 12.1. The number of esters is 1. The number of amides is 1. The third-order valence-corrected chi connectivity index (χ3v) is 12.5. The molecule has 9 nitrogen and oxygen atoms in total. The smallest absolute Gasteiger partial charge is 0.407 e. The van der Waals surface area contributed by atoms with Crippen LogP contribution in [-0.4, -0.2) is 79.9 Å². The Bertz CT molecular complexity index is 987. The van der Waals surface area contributed by atoms with Crippen molar-refractivity contribution >= 4 is 20.4 Å². The minimum atomic E-state index is -2.22. The summed E-state index contributed by atoms with van der Waals surface area (Å²) >= 11 is 0. The van der Waals surface area contributed by atoms with Crippen LogP contribution in [0.4, 0.5) is 4.79 Å². The van der Waals surface area contributed by atoms with Crippen molar-refractivity contribution in [3.63, 3.8) is 0 Å². The van der Waals surface area contributed by atoms with Gasteiger partial charge in [-0.15, -0.1) is 0 Å². The second kappa shape index (κ2) is 11.4. The fourth-order valence-corrected chi connectivity index (χ4v) is 5.93. The first-order valence-electron chi connectivity index (χ1n) is 13.0. The Morgan fingerprint density at radius 2 is 1.70 bits per heavy atom. The average Bonchev–Trinajstić information content (AvgIpc) is 2.82. The lowest BCUT2D eigenvalue weighted by Crippen LogP contribution is -2.65. The second-order valence-electron chi connectivity index (χ2n) is 11.7. The normalized spacial score (nSPS) is 24.1. The van der Waals surface area contributed by atoms with E-state index in [4.69, 9.17) is 19.2 Å². The summed E-state index contributed by atoms with van der Waals surface area (Å²) in [6, 6.07) is 8.99. The molecule has 1 aromatic carbocycles. The highest BCUT2D eigenvalue weighted by atomic mass is 28.4. The molecule has 2 saturated heterocycles. The number of carboxylic acid groups (broad SMARTS) is 1. The maximum Gasteiger partial charge on any atom is 0.407 e. The van der Waals surface area contributed by atoms with Crippen LogP contribution in [0.5, 0.6) is 5.75 Å². The first kappa shape index (κ1) is 29.0. The molecule has 0 spiro atoms. The van der Waals surface area contributed by atoms with E-state index in [0.29, 0.717) is 43.9 Å². The lowest BCUT2D eigenvalue weighted by Gasteiger charge is -2.52. The number of nitriles is 1. The van der Waals surface area contributed by atoms with Gasteiger partial charge in [-0.1, -0.05) is 27.7 Å². The summed E-state index contributed by atoms with van der Waals surface area (Å²) in [6.45, 7) is 16.5. The number of hydrogen-bond acceptors (Lipinski definition) is 7. The van der Waals surface area contributed by atoms with Crippen molar-refractivity contribution < 1.29 is 28.6 Å². The van der Waals surface area contributed by atoms with E-state index >= 15 is 0 Å². The van der Waals surface area contributed by atoms with E-state index in [1.807, 2.05) is 0 Å². The molecule has 4 atom stereocenters. The Morgan fingerprint density at radius 3 is 2.16 bits per heavy atom. The molecule has 1 aromatic rings. The molecule has 4 unspecified atom stereocenters. The third kappa shape index (κ3) is 6.83.